The van der Waals surface area contributed by atoms with Crippen molar-refractivity contribution in [2.75, 3.05) is 7.05 Å². The summed E-state index contributed by atoms with van der Waals surface area (Å²) in [4.78, 5) is 2.22. The quantitative estimate of drug-likeness (QED) is 0.499. The SMILES string of the molecule is CC1=CS/C(=C\c2scc(C)[n+]2C)N1C.[I-]. The molecule has 16 heavy (non-hydrogen) atoms. The fourth-order valence-electron chi connectivity index (χ4n) is 1.32. The van der Waals surface area contributed by atoms with Crippen molar-refractivity contribution in [3.8, 4) is 0 Å². The molecular weight excluding hydrogens is 351 g/mol. The second kappa shape index (κ2) is 5.55. The van der Waals surface area contributed by atoms with E-state index in [4.69, 9.17) is 0 Å². The molecule has 1 aromatic heterocycles. The molecule has 0 spiro atoms. The van der Waals surface area contributed by atoms with Crippen LogP contribution in [0, 0.1) is 6.92 Å². The van der Waals surface area contributed by atoms with Crippen LogP contribution in [0.2, 0.25) is 0 Å². The second-order valence-electron chi connectivity index (χ2n) is 3.69. The summed E-state index contributed by atoms with van der Waals surface area (Å²) in [5.74, 6) is 0. The van der Waals surface area contributed by atoms with Gasteiger partial charge in [-0.3, -0.25) is 0 Å². The van der Waals surface area contributed by atoms with E-state index >= 15 is 0 Å². The minimum absolute atomic E-state index is 0. The molecule has 2 nitrogen and oxygen atoms in total. The summed E-state index contributed by atoms with van der Waals surface area (Å²) >= 11 is 3.58. The lowest BCUT2D eigenvalue weighted by Gasteiger charge is -2.13. The minimum Gasteiger partial charge on any atom is -1.00 e. The first-order valence-electron chi connectivity index (χ1n) is 4.82. The van der Waals surface area contributed by atoms with Crippen molar-refractivity contribution in [2.45, 2.75) is 13.8 Å². The van der Waals surface area contributed by atoms with Crippen molar-refractivity contribution in [3.63, 3.8) is 0 Å². The molecular formula is C11H15IN2S2. The summed E-state index contributed by atoms with van der Waals surface area (Å²) in [6.07, 6.45) is 2.25. The molecule has 0 aromatic carbocycles. The molecule has 0 fully saturated rings. The molecule has 0 amide bonds. The molecule has 1 aliphatic heterocycles. The summed E-state index contributed by atoms with van der Waals surface area (Å²) in [5, 5.41) is 6.97. The third-order valence-corrected chi connectivity index (χ3v) is 4.85. The van der Waals surface area contributed by atoms with Gasteiger partial charge in [-0.25, -0.2) is 0 Å². The third kappa shape index (κ3) is 2.62. The van der Waals surface area contributed by atoms with E-state index in [0.717, 1.165) is 0 Å². The number of halogens is 1. The van der Waals surface area contributed by atoms with Crippen LogP contribution in [-0.4, -0.2) is 11.9 Å². The smallest absolute Gasteiger partial charge is 0.264 e. The highest BCUT2D eigenvalue weighted by atomic mass is 127. The average molecular weight is 366 g/mol. The average Bonchev–Trinajstić information content (AvgIpc) is 2.68. The predicted molar refractivity (Wildman–Crippen MR) is 67.3 cm³/mol. The maximum atomic E-state index is 2.25. The van der Waals surface area contributed by atoms with E-state index in [2.05, 4.69) is 54.3 Å². The number of aryl methyl sites for hydroxylation is 1. The lowest BCUT2D eigenvalue weighted by Crippen LogP contribution is -3.00. The molecule has 2 rings (SSSR count). The van der Waals surface area contributed by atoms with Crippen molar-refractivity contribution in [3.05, 3.63) is 32.2 Å². The van der Waals surface area contributed by atoms with Gasteiger partial charge in [0, 0.05) is 19.7 Å². The molecule has 0 atom stereocenters. The van der Waals surface area contributed by atoms with Gasteiger partial charge in [-0.2, -0.15) is 4.57 Å². The molecule has 0 N–H and O–H groups in total. The van der Waals surface area contributed by atoms with Crippen molar-refractivity contribution in [2.24, 2.45) is 7.05 Å². The lowest BCUT2D eigenvalue weighted by molar-refractivity contribution is -0.674. The van der Waals surface area contributed by atoms with Crippen LogP contribution in [0.3, 0.4) is 0 Å². The van der Waals surface area contributed by atoms with Crippen LogP contribution < -0.4 is 28.5 Å². The van der Waals surface area contributed by atoms with E-state index in [9.17, 15) is 0 Å². The fraction of sp³-hybridized carbons (Fsp3) is 0.364. The Hall–Kier alpha value is -0.0100. The molecule has 0 saturated carbocycles. The lowest BCUT2D eigenvalue weighted by atomic mass is 10.5. The minimum atomic E-state index is 0. The van der Waals surface area contributed by atoms with Crippen LogP contribution in [0.5, 0.6) is 0 Å². The van der Waals surface area contributed by atoms with Gasteiger partial charge in [0.1, 0.15) is 7.05 Å². The zero-order valence-corrected chi connectivity index (χ0v) is 13.6. The number of rotatable bonds is 1. The molecule has 1 aromatic rings. The van der Waals surface area contributed by atoms with Crippen LogP contribution in [0.4, 0.5) is 0 Å². The van der Waals surface area contributed by atoms with E-state index in [-0.39, 0.29) is 24.0 Å². The number of nitrogens with zero attached hydrogens (tertiary/aromatic N) is 2. The monoisotopic (exact) mass is 366 g/mol. The number of hydrogen-bond donors (Lipinski definition) is 0. The van der Waals surface area contributed by atoms with Gasteiger partial charge in [-0.05, 0) is 12.3 Å². The first-order chi connectivity index (χ1) is 7.09. The molecule has 0 bridgehead atoms. The van der Waals surface area contributed by atoms with Gasteiger partial charge in [-0.1, -0.05) is 23.1 Å². The fourth-order valence-corrected chi connectivity index (χ4v) is 3.26. The van der Waals surface area contributed by atoms with E-state index in [1.54, 1.807) is 23.1 Å². The van der Waals surface area contributed by atoms with Crippen LogP contribution >= 0.6 is 23.1 Å². The highest BCUT2D eigenvalue weighted by molar-refractivity contribution is 8.06. The zero-order chi connectivity index (χ0) is 11.0. The Morgan fingerprint density at radius 3 is 2.50 bits per heavy atom. The second-order valence-corrected chi connectivity index (χ2v) is 5.47. The Kier molecular flexibility index (Phi) is 4.88. The maximum absolute atomic E-state index is 2.25. The van der Waals surface area contributed by atoms with Crippen molar-refractivity contribution in [1.29, 1.82) is 0 Å². The van der Waals surface area contributed by atoms with Crippen LogP contribution in [0.25, 0.3) is 6.08 Å². The standard InChI is InChI=1S/C11H15N2S2.HI/c1-8-6-14-10(12(8)3)5-11-13(4)9(2)7-15-11;/h5-7H,1-4H3;1H/q+1;/p-1. The number of thiazole rings is 1. The molecule has 0 saturated heterocycles. The Morgan fingerprint density at radius 1 is 1.38 bits per heavy atom. The van der Waals surface area contributed by atoms with Crippen LogP contribution in [-0.2, 0) is 7.05 Å². The van der Waals surface area contributed by atoms with Crippen molar-refractivity contribution >= 4 is 29.2 Å². The van der Waals surface area contributed by atoms with Gasteiger partial charge >= 0.3 is 0 Å². The van der Waals surface area contributed by atoms with Crippen LogP contribution in [0.15, 0.2) is 21.5 Å². The first-order valence-corrected chi connectivity index (χ1v) is 6.58. The van der Waals surface area contributed by atoms with Crippen LogP contribution in [0.1, 0.15) is 17.6 Å². The summed E-state index contributed by atoms with van der Waals surface area (Å²) < 4.78 is 2.22. The molecule has 0 unspecified atom stereocenters. The van der Waals surface area contributed by atoms with E-state index in [0.29, 0.717) is 0 Å². The highest BCUT2D eigenvalue weighted by Gasteiger charge is 2.17. The van der Waals surface area contributed by atoms with E-state index in [1.807, 2.05) is 0 Å². The first kappa shape index (κ1) is 14.1. The van der Waals surface area contributed by atoms with Gasteiger partial charge in [0.05, 0.1) is 16.5 Å². The predicted octanol–water partition coefficient (Wildman–Crippen LogP) is -0.277. The van der Waals surface area contributed by atoms with E-state index in [1.165, 1.54) is 21.4 Å². The Labute approximate surface area is 122 Å². The molecule has 2 heterocycles. The van der Waals surface area contributed by atoms with Gasteiger partial charge in [0.2, 0.25) is 0 Å². The molecule has 5 heteroatoms. The molecule has 1 aliphatic rings. The summed E-state index contributed by atoms with van der Waals surface area (Å²) in [5.41, 5.74) is 2.62. The molecule has 0 aliphatic carbocycles. The van der Waals surface area contributed by atoms with E-state index < -0.39 is 0 Å². The van der Waals surface area contributed by atoms with Crippen molar-refractivity contribution < 1.29 is 28.5 Å². The number of aromatic nitrogens is 1. The summed E-state index contributed by atoms with van der Waals surface area (Å²) in [6, 6.07) is 0. The zero-order valence-electron chi connectivity index (χ0n) is 9.82. The van der Waals surface area contributed by atoms with Gasteiger partial charge < -0.3 is 28.9 Å². The summed E-state index contributed by atoms with van der Waals surface area (Å²) in [7, 11) is 4.22. The van der Waals surface area contributed by atoms with Gasteiger partial charge in [-0.15, -0.1) is 0 Å². The Morgan fingerprint density at radius 2 is 2.06 bits per heavy atom. The number of thioether (sulfide) groups is 1. The highest BCUT2D eigenvalue weighted by Crippen LogP contribution is 2.33. The maximum Gasteiger partial charge on any atom is 0.264 e. The molecule has 88 valence electrons. The van der Waals surface area contributed by atoms with Gasteiger partial charge in [0.25, 0.3) is 5.01 Å². The number of hydrogen-bond acceptors (Lipinski definition) is 3. The number of allylic oxidation sites excluding steroid dienone is 1. The van der Waals surface area contributed by atoms with Crippen molar-refractivity contribution in [1.82, 2.24) is 4.90 Å². The normalized spacial score (nSPS) is 17.6. The Bertz CT molecular complexity index is 449. The van der Waals surface area contributed by atoms with Gasteiger partial charge in [0.15, 0.2) is 5.69 Å². The topological polar surface area (TPSA) is 7.12 Å². The summed E-state index contributed by atoms with van der Waals surface area (Å²) in [6.45, 7) is 4.26. The largest absolute Gasteiger partial charge is 1.00 e. The molecule has 0 radical (unpaired) electrons. The Balaban J connectivity index is 0.00000128. The third-order valence-electron chi connectivity index (χ3n) is 2.67.